The van der Waals surface area contributed by atoms with Crippen molar-refractivity contribution in [3.63, 3.8) is 0 Å². The molecule has 0 aliphatic carbocycles. The van der Waals surface area contributed by atoms with Gasteiger partial charge in [0.2, 0.25) is 0 Å². The number of carbonyl (C=O) groups excluding carboxylic acids is 1. The Labute approximate surface area is 133 Å². The molecule has 0 spiro atoms. The number of amides is 1. The first-order valence-electron chi connectivity index (χ1n) is 6.46. The Kier molecular flexibility index (Phi) is 5.42. The number of pyridine rings is 1. The van der Waals surface area contributed by atoms with Crippen molar-refractivity contribution in [1.82, 2.24) is 10.3 Å². The molecule has 0 aliphatic heterocycles. The van der Waals surface area contributed by atoms with Crippen LogP contribution in [0.25, 0.3) is 0 Å². The lowest BCUT2D eigenvalue weighted by atomic mass is 10.1. The number of hydrogen-bond acceptors (Lipinski definition) is 3. The summed E-state index contributed by atoms with van der Waals surface area (Å²) < 4.78 is 0. The molecule has 0 saturated carbocycles. The lowest BCUT2D eigenvalue weighted by Crippen LogP contribution is -2.25. The molecule has 2 rings (SSSR count). The zero-order valence-electron chi connectivity index (χ0n) is 11.5. The van der Waals surface area contributed by atoms with E-state index in [1.807, 2.05) is 24.3 Å². The van der Waals surface area contributed by atoms with Crippen LogP contribution in [0, 0.1) is 0 Å². The fraction of sp³-hybridized carbons (Fsp3) is 0.200. The number of benzene rings is 1. The van der Waals surface area contributed by atoms with Crippen LogP contribution < -0.4 is 10.6 Å². The molecule has 21 heavy (non-hydrogen) atoms. The monoisotopic (exact) mass is 323 g/mol. The summed E-state index contributed by atoms with van der Waals surface area (Å²) >= 11 is 11.7. The van der Waals surface area contributed by atoms with Gasteiger partial charge in [0.05, 0.1) is 0 Å². The first-order chi connectivity index (χ1) is 10.1. The second-order valence-corrected chi connectivity index (χ2v) is 5.27. The zero-order chi connectivity index (χ0) is 15.2. The fourth-order valence-electron chi connectivity index (χ4n) is 1.83. The third-order valence-electron chi connectivity index (χ3n) is 2.92. The summed E-state index contributed by atoms with van der Waals surface area (Å²) in [6.45, 7) is 0.537. The number of halogens is 2. The van der Waals surface area contributed by atoms with E-state index < -0.39 is 0 Å². The van der Waals surface area contributed by atoms with E-state index in [2.05, 4.69) is 15.6 Å². The van der Waals surface area contributed by atoms with Gasteiger partial charge in [0.1, 0.15) is 11.0 Å². The minimum Gasteiger partial charge on any atom is -0.373 e. The molecule has 0 aliphatic rings. The smallest absolute Gasteiger partial charge is 0.251 e. The second kappa shape index (κ2) is 7.29. The molecule has 0 bridgehead atoms. The van der Waals surface area contributed by atoms with Crippen molar-refractivity contribution in [2.45, 2.75) is 6.42 Å². The summed E-state index contributed by atoms with van der Waals surface area (Å²) in [6.07, 6.45) is 0.737. The van der Waals surface area contributed by atoms with Crippen LogP contribution in [-0.2, 0) is 6.42 Å². The van der Waals surface area contributed by atoms with Crippen molar-refractivity contribution in [1.29, 1.82) is 0 Å². The van der Waals surface area contributed by atoms with Crippen molar-refractivity contribution < 1.29 is 4.79 Å². The third kappa shape index (κ3) is 4.62. The van der Waals surface area contributed by atoms with Crippen LogP contribution in [0.3, 0.4) is 0 Å². The van der Waals surface area contributed by atoms with Crippen molar-refractivity contribution in [2.75, 3.05) is 18.9 Å². The van der Waals surface area contributed by atoms with Gasteiger partial charge in [-0.3, -0.25) is 4.79 Å². The summed E-state index contributed by atoms with van der Waals surface area (Å²) in [4.78, 5) is 16.1. The van der Waals surface area contributed by atoms with Crippen LogP contribution in [0.15, 0.2) is 36.4 Å². The first-order valence-corrected chi connectivity index (χ1v) is 7.22. The van der Waals surface area contributed by atoms with E-state index in [9.17, 15) is 4.79 Å². The molecule has 2 N–H and O–H groups in total. The maximum absolute atomic E-state index is 12.1. The van der Waals surface area contributed by atoms with Crippen molar-refractivity contribution in [2.24, 2.45) is 0 Å². The molecule has 0 saturated heterocycles. The van der Waals surface area contributed by atoms with E-state index >= 15 is 0 Å². The van der Waals surface area contributed by atoms with Gasteiger partial charge < -0.3 is 10.6 Å². The Hall–Kier alpha value is -1.78. The van der Waals surface area contributed by atoms with E-state index in [4.69, 9.17) is 23.2 Å². The van der Waals surface area contributed by atoms with Gasteiger partial charge in [-0.25, -0.2) is 4.98 Å². The predicted molar refractivity (Wildman–Crippen MR) is 86.3 cm³/mol. The number of nitrogens with zero attached hydrogens (tertiary/aromatic N) is 1. The maximum atomic E-state index is 12.1. The average Bonchev–Trinajstić information content (AvgIpc) is 2.48. The van der Waals surface area contributed by atoms with Crippen LogP contribution in [-0.4, -0.2) is 24.5 Å². The SMILES string of the molecule is CNc1cc(C(=O)NCCc2ccc(Cl)cc2)cc(Cl)n1. The molecular formula is C15H15Cl2N3O. The molecule has 1 heterocycles. The number of carbonyl (C=O) groups is 1. The second-order valence-electron chi connectivity index (χ2n) is 4.45. The highest BCUT2D eigenvalue weighted by atomic mass is 35.5. The fourth-order valence-corrected chi connectivity index (χ4v) is 2.16. The number of nitrogens with one attached hydrogen (secondary N) is 2. The molecule has 1 aromatic heterocycles. The zero-order valence-corrected chi connectivity index (χ0v) is 13.0. The Bertz CT molecular complexity index is 629. The van der Waals surface area contributed by atoms with Gasteiger partial charge in [0.15, 0.2) is 0 Å². The Morgan fingerprint density at radius 1 is 1.19 bits per heavy atom. The van der Waals surface area contributed by atoms with E-state index in [1.54, 1.807) is 19.2 Å². The van der Waals surface area contributed by atoms with Gasteiger partial charge in [0.25, 0.3) is 5.91 Å². The average molecular weight is 324 g/mol. The van der Waals surface area contributed by atoms with Crippen LogP contribution in [0.1, 0.15) is 15.9 Å². The number of anilines is 1. The Balaban J connectivity index is 1.92. The van der Waals surface area contributed by atoms with E-state index in [0.717, 1.165) is 12.0 Å². The van der Waals surface area contributed by atoms with Crippen molar-refractivity contribution in [3.05, 3.63) is 57.7 Å². The first kappa shape index (κ1) is 15.6. The topological polar surface area (TPSA) is 54.0 Å². The van der Waals surface area contributed by atoms with Crippen LogP contribution in [0.4, 0.5) is 5.82 Å². The van der Waals surface area contributed by atoms with Crippen LogP contribution in [0.2, 0.25) is 10.2 Å². The molecule has 0 unspecified atom stereocenters. The van der Waals surface area contributed by atoms with Gasteiger partial charge in [0, 0.05) is 24.2 Å². The Morgan fingerprint density at radius 3 is 2.57 bits per heavy atom. The van der Waals surface area contributed by atoms with E-state index in [-0.39, 0.29) is 11.1 Å². The molecule has 0 fully saturated rings. The summed E-state index contributed by atoms with van der Waals surface area (Å²) in [6, 6.07) is 10.7. The maximum Gasteiger partial charge on any atom is 0.251 e. The highest BCUT2D eigenvalue weighted by Gasteiger charge is 2.08. The van der Waals surface area contributed by atoms with Gasteiger partial charge in [-0.1, -0.05) is 35.3 Å². The van der Waals surface area contributed by atoms with Crippen LogP contribution in [0.5, 0.6) is 0 Å². The van der Waals surface area contributed by atoms with E-state index in [0.29, 0.717) is 22.9 Å². The van der Waals surface area contributed by atoms with Gasteiger partial charge in [-0.15, -0.1) is 0 Å². The molecule has 4 nitrogen and oxygen atoms in total. The normalized spacial score (nSPS) is 10.2. The molecule has 0 radical (unpaired) electrons. The van der Waals surface area contributed by atoms with Crippen molar-refractivity contribution in [3.8, 4) is 0 Å². The largest absolute Gasteiger partial charge is 0.373 e. The lowest BCUT2D eigenvalue weighted by Gasteiger charge is -2.07. The highest BCUT2D eigenvalue weighted by molar-refractivity contribution is 6.30. The summed E-state index contributed by atoms with van der Waals surface area (Å²) in [7, 11) is 1.72. The number of aromatic nitrogens is 1. The Morgan fingerprint density at radius 2 is 1.90 bits per heavy atom. The molecule has 0 atom stereocenters. The minimum absolute atomic E-state index is 0.176. The standard InChI is InChI=1S/C15H15Cl2N3O/c1-18-14-9-11(8-13(17)20-14)15(21)19-7-6-10-2-4-12(16)5-3-10/h2-5,8-9H,6-7H2,1H3,(H,18,20)(H,19,21). The number of rotatable bonds is 5. The van der Waals surface area contributed by atoms with E-state index in [1.165, 1.54) is 0 Å². The van der Waals surface area contributed by atoms with Gasteiger partial charge in [-0.2, -0.15) is 0 Å². The summed E-state index contributed by atoms with van der Waals surface area (Å²) in [5.41, 5.74) is 1.60. The number of hydrogen-bond donors (Lipinski definition) is 2. The summed E-state index contributed by atoms with van der Waals surface area (Å²) in [5.74, 6) is 0.384. The van der Waals surface area contributed by atoms with Gasteiger partial charge in [-0.05, 0) is 36.2 Å². The van der Waals surface area contributed by atoms with Crippen molar-refractivity contribution >= 4 is 34.9 Å². The van der Waals surface area contributed by atoms with Crippen LogP contribution >= 0.6 is 23.2 Å². The third-order valence-corrected chi connectivity index (χ3v) is 3.37. The molecule has 1 amide bonds. The molecule has 110 valence electrons. The minimum atomic E-state index is -0.176. The summed E-state index contributed by atoms with van der Waals surface area (Å²) in [5, 5.41) is 6.70. The molecule has 6 heteroatoms. The van der Waals surface area contributed by atoms with Gasteiger partial charge >= 0.3 is 0 Å². The molecular weight excluding hydrogens is 309 g/mol. The predicted octanol–water partition coefficient (Wildman–Crippen LogP) is 3.40. The molecule has 1 aromatic carbocycles. The lowest BCUT2D eigenvalue weighted by molar-refractivity contribution is 0.0954. The quantitative estimate of drug-likeness (QED) is 0.829. The highest BCUT2D eigenvalue weighted by Crippen LogP contribution is 2.14. The molecule has 2 aromatic rings.